The Balaban J connectivity index is 1.30. The number of halogens is 6. The molecule has 3 N–H and O–H groups in total. The van der Waals surface area contributed by atoms with Gasteiger partial charge in [-0.2, -0.15) is 0 Å². The zero-order valence-corrected chi connectivity index (χ0v) is 25.3. The predicted octanol–water partition coefficient (Wildman–Crippen LogP) is 5.14. The number of piperazine rings is 1. The second-order valence-corrected chi connectivity index (χ2v) is 11.3. The van der Waals surface area contributed by atoms with Gasteiger partial charge >= 0.3 is 12.7 Å². The van der Waals surface area contributed by atoms with Gasteiger partial charge in [0.2, 0.25) is 0 Å². The average Bonchev–Trinajstić information content (AvgIpc) is 2.94. The lowest BCUT2D eigenvalue weighted by molar-refractivity contribution is -0.275. The van der Waals surface area contributed by atoms with E-state index in [0.29, 0.717) is 44.5 Å². The van der Waals surface area contributed by atoms with Crippen LogP contribution in [0.5, 0.6) is 17.2 Å². The molecule has 4 rings (SSSR count). The SMILES string of the molecule is CN1CCN(CCNC(=O)c2cc(OC(F)(F)F)ccc2OC2CCC(NC(=S)Nc3cccc(OC(F)(F)F)c3)CC2)CC1. The number of alkyl halides is 6. The molecule has 9 nitrogen and oxygen atoms in total. The number of hydrogen-bond donors (Lipinski definition) is 3. The number of anilines is 1. The Morgan fingerprint density at radius 2 is 1.56 bits per heavy atom. The molecule has 0 unspecified atom stereocenters. The van der Waals surface area contributed by atoms with E-state index in [0.717, 1.165) is 38.3 Å². The maximum absolute atomic E-state index is 13.1. The number of ether oxygens (including phenoxy) is 3. The molecule has 1 aliphatic carbocycles. The van der Waals surface area contributed by atoms with Crippen molar-refractivity contribution in [2.24, 2.45) is 0 Å². The Morgan fingerprint density at radius 3 is 2.20 bits per heavy atom. The topological polar surface area (TPSA) is 87.3 Å². The molecular formula is C29H35F6N5O4S. The van der Waals surface area contributed by atoms with Crippen molar-refractivity contribution in [2.45, 2.75) is 50.6 Å². The van der Waals surface area contributed by atoms with E-state index < -0.39 is 24.4 Å². The van der Waals surface area contributed by atoms with E-state index in [2.05, 4.69) is 35.2 Å². The Morgan fingerprint density at radius 1 is 0.911 bits per heavy atom. The molecule has 248 valence electrons. The molecule has 2 aromatic carbocycles. The number of carbonyl (C=O) groups is 1. The van der Waals surface area contributed by atoms with Crippen LogP contribution in [0.2, 0.25) is 0 Å². The van der Waals surface area contributed by atoms with E-state index in [1.807, 2.05) is 7.05 Å². The average molecular weight is 664 g/mol. The number of amides is 1. The van der Waals surface area contributed by atoms with Gasteiger partial charge in [-0.15, -0.1) is 26.3 Å². The molecular weight excluding hydrogens is 628 g/mol. The fraction of sp³-hybridized carbons (Fsp3) is 0.517. The molecule has 1 heterocycles. The van der Waals surface area contributed by atoms with Crippen LogP contribution in [0.1, 0.15) is 36.0 Å². The number of nitrogens with one attached hydrogen (secondary N) is 3. The molecule has 2 aliphatic rings. The second-order valence-electron chi connectivity index (χ2n) is 10.9. The minimum atomic E-state index is -4.92. The normalized spacial score (nSPS) is 19.8. The van der Waals surface area contributed by atoms with Gasteiger partial charge in [0, 0.05) is 57.1 Å². The van der Waals surface area contributed by atoms with Crippen LogP contribution in [0.3, 0.4) is 0 Å². The predicted molar refractivity (Wildman–Crippen MR) is 159 cm³/mol. The van der Waals surface area contributed by atoms with Gasteiger partial charge in [-0.25, -0.2) is 0 Å². The molecule has 1 amide bonds. The Kier molecular flexibility index (Phi) is 11.6. The van der Waals surface area contributed by atoms with Crippen molar-refractivity contribution in [3.63, 3.8) is 0 Å². The van der Waals surface area contributed by atoms with E-state index in [1.165, 1.54) is 24.3 Å². The molecule has 2 fully saturated rings. The lowest BCUT2D eigenvalue weighted by atomic mass is 9.93. The van der Waals surface area contributed by atoms with Crippen LogP contribution in [-0.4, -0.2) is 92.0 Å². The Bertz CT molecular complexity index is 1300. The fourth-order valence-corrected chi connectivity index (χ4v) is 5.39. The van der Waals surface area contributed by atoms with Gasteiger partial charge in [-0.05, 0) is 75.3 Å². The zero-order chi connectivity index (χ0) is 32.6. The second kappa shape index (κ2) is 15.2. The maximum atomic E-state index is 13.1. The molecule has 0 radical (unpaired) electrons. The summed E-state index contributed by atoms with van der Waals surface area (Å²) in [5.41, 5.74) is 0.260. The van der Waals surface area contributed by atoms with Crippen molar-refractivity contribution in [3.8, 4) is 17.2 Å². The molecule has 2 aromatic rings. The number of thiocarbonyl (C=S) groups is 1. The Hall–Kier alpha value is -3.50. The first-order chi connectivity index (χ1) is 21.2. The van der Waals surface area contributed by atoms with Gasteiger partial charge in [0.1, 0.15) is 17.2 Å². The zero-order valence-electron chi connectivity index (χ0n) is 24.5. The quantitative estimate of drug-likeness (QED) is 0.237. The van der Waals surface area contributed by atoms with Crippen LogP contribution in [-0.2, 0) is 0 Å². The lowest BCUT2D eigenvalue weighted by Gasteiger charge is -2.32. The number of nitrogens with zero attached hydrogens (tertiary/aromatic N) is 2. The molecule has 0 bridgehead atoms. The monoisotopic (exact) mass is 663 g/mol. The molecule has 1 saturated carbocycles. The van der Waals surface area contributed by atoms with Crippen molar-refractivity contribution < 1.29 is 45.3 Å². The summed E-state index contributed by atoms with van der Waals surface area (Å²) in [5.74, 6) is -1.32. The summed E-state index contributed by atoms with van der Waals surface area (Å²) in [6.45, 7) is 4.47. The molecule has 45 heavy (non-hydrogen) atoms. The van der Waals surface area contributed by atoms with Crippen molar-refractivity contribution in [2.75, 3.05) is 51.6 Å². The summed E-state index contributed by atoms with van der Waals surface area (Å²) in [6, 6.07) is 8.69. The highest BCUT2D eigenvalue weighted by molar-refractivity contribution is 7.80. The van der Waals surface area contributed by atoms with Gasteiger partial charge in [0.15, 0.2) is 5.11 Å². The smallest absolute Gasteiger partial charge is 0.490 e. The molecule has 0 spiro atoms. The molecule has 1 aliphatic heterocycles. The summed E-state index contributed by atoms with van der Waals surface area (Å²) in [6.07, 6.45) is -7.70. The first kappa shape index (κ1) is 34.4. The third kappa shape index (κ3) is 11.7. The first-order valence-corrected chi connectivity index (χ1v) is 14.8. The summed E-state index contributed by atoms with van der Waals surface area (Å²) < 4.78 is 90.3. The highest BCUT2D eigenvalue weighted by Gasteiger charge is 2.33. The summed E-state index contributed by atoms with van der Waals surface area (Å²) >= 11 is 5.32. The van der Waals surface area contributed by atoms with Gasteiger partial charge in [-0.1, -0.05) is 6.07 Å². The van der Waals surface area contributed by atoms with Crippen molar-refractivity contribution in [3.05, 3.63) is 48.0 Å². The summed E-state index contributed by atoms with van der Waals surface area (Å²) in [7, 11) is 2.04. The molecule has 1 saturated heterocycles. The van der Waals surface area contributed by atoms with Gasteiger partial charge in [-0.3, -0.25) is 9.69 Å². The van der Waals surface area contributed by atoms with Gasteiger partial charge in [0.05, 0.1) is 11.7 Å². The van der Waals surface area contributed by atoms with E-state index in [9.17, 15) is 31.1 Å². The number of likely N-dealkylation sites (N-methyl/N-ethyl adjacent to an activating group) is 1. The maximum Gasteiger partial charge on any atom is 0.573 e. The fourth-order valence-electron chi connectivity index (χ4n) is 5.11. The van der Waals surface area contributed by atoms with E-state index in [-0.39, 0.29) is 34.3 Å². The van der Waals surface area contributed by atoms with Crippen LogP contribution in [0.4, 0.5) is 32.0 Å². The highest BCUT2D eigenvalue weighted by Crippen LogP contribution is 2.32. The van der Waals surface area contributed by atoms with Crippen LogP contribution >= 0.6 is 12.2 Å². The van der Waals surface area contributed by atoms with Crippen molar-refractivity contribution in [1.82, 2.24) is 20.4 Å². The lowest BCUT2D eigenvalue weighted by Crippen LogP contribution is -2.46. The first-order valence-electron chi connectivity index (χ1n) is 14.4. The third-order valence-electron chi connectivity index (χ3n) is 7.37. The number of rotatable bonds is 10. The number of carbonyl (C=O) groups excluding carboxylic acids is 1. The van der Waals surface area contributed by atoms with Gasteiger partial charge < -0.3 is 35.1 Å². The van der Waals surface area contributed by atoms with Crippen LogP contribution in [0.15, 0.2) is 42.5 Å². The van der Waals surface area contributed by atoms with Crippen molar-refractivity contribution in [1.29, 1.82) is 0 Å². The Labute approximate surface area is 262 Å². The summed E-state index contributed by atoms with van der Waals surface area (Å²) in [4.78, 5) is 17.5. The minimum Gasteiger partial charge on any atom is -0.490 e. The summed E-state index contributed by atoms with van der Waals surface area (Å²) in [5, 5.41) is 8.99. The standard InChI is InChI=1S/C29H35F6N5O4S/c1-39-13-15-40(16-14-39)12-11-36-26(41)24-18-23(44-29(33,34)35)9-10-25(24)42-21-7-5-19(6-8-21)37-27(45)38-20-3-2-4-22(17-20)43-28(30,31)32/h2-4,9-10,17-19,21H,5-8,11-16H2,1H3,(H,36,41)(H2,37,38,45). The van der Waals surface area contributed by atoms with Crippen LogP contribution in [0, 0.1) is 0 Å². The highest BCUT2D eigenvalue weighted by atomic mass is 32.1. The van der Waals surface area contributed by atoms with Crippen LogP contribution < -0.4 is 30.2 Å². The third-order valence-corrected chi connectivity index (χ3v) is 7.59. The van der Waals surface area contributed by atoms with Crippen LogP contribution in [0.25, 0.3) is 0 Å². The largest absolute Gasteiger partial charge is 0.573 e. The molecule has 0 aromatic heterocycles. The van der Waals surface area contributed by atoms with E-state index in [4.69, 9.17) is 17.0 Å². The number of hydrogen-bond acceptors (Lipinski definition) is 7. The van der Waals surface area contributed by atoms with E-state index in [1.54, 1.807) is 6.07 Å². The van der Waals surface area contributed by atoms with Crippen molar-refractivity contribution >= 4 is 28.9 Å². The van der Waals surface area contributed by atoms with Gasteiger partial charge in [0.25, 0.3) is 5.91 Å². The van der Waals surface area contributed by atoms with E-state index >= 15 is 0 Å². The molecule has 16 heteroatoms. The minimum absolute atomic E-state index is 0.0561. The number of benzene rings is 2. The molecule has 0 atom stereocenters.